The van der Waals surface area contributed by atoms with E-state index in [4.69, 9.17) is 4.74 Å². The number of benzene rings is 2. The Labute approximate surface area is 169 Å². The Bertz CT molecular complexity index is 968. The predicted molar refractivity (Wildman–Crippen MR) is 109 cm³/mol. The number of hydrogen-bond donors (Lipinski definition) is 2. The van der Waals surface area contributed by atoms with E-state index in [-0.39, 0.29) is 43.3 Å². The molecule has 1 heterocycles. The van der Waals surface area contributed by atoms with Crippen LogP contribution in [0, 0.1) is 6.92 Å². The second-order valence-corrected chi connectivity index (χ2v) is 7.38. The molecule has 0 saturated heterocycles. The normalized spacial score (nSPS) is 15.3. The molecule has 4 rings (SSSR count). The highest BCUT2D eigenvalue weighted by Gasteiger charge is 2.26. The third-order valence-corrected chi connectivity index (χ3v) is 5.06. The van der Waals surface area contributed by atoms with Crippen molar-refractivity contribution in [1.82, 2.24) is 5.32 Å². The molecule has 2 aromatic rings. The van der Waals surface area contributed by atoms with Crippen LogP contribution in [0.4, 0.5) is 11.4 Å². The number of ether oxygens (including phenoxy) is 1. The lowest BCUT2D eigenvalue weighted by Crippen LogP contribution is -2.40. The van der Waals surface area contributed by atoms with Gasteiger partial charge in [-0.3, -0.25) is 14.4 Å². The smallest absolute Gasteiger partial charge is 0.265 e. The molecule has 0 atom stereocenters. The van der Waals surface area contributed by atoms with E-state index in [1.165, 1.54) is 0 Å². The molecule has 2 aromatic carbocycles. The van der Waals surface area contributed by atoms with Gasteiger partial charge in [-0.1, -0.05) is 18.2 Å². The average Bonchev–Trinajstić information content (AvgIpc) is 3.53. The Hall–Kier alpha value is -3.35. The van der Waals surface area contributed by atoms with Gasteiger partial charge in [-0.15, -0.1) is 0 Å². The number of nitrogens with zero attached hydrogens (tertiary/aromatic N) is 1. The van der Waals surface area contributed by atoms with Crippen molar-refractivity contribution in [3.63, 3.8) is 0 Å². The van der Waals surface area contributed by atoms with Crippen LogP contribution in [0.5, 0.6) is 5.75 Å². The minimum Gasteiger partial charge on any atom is -0.482 e. The number of rotatable bonds is 6. The standard InChI is InChI=1S/C22H23N3O4/c1-14-6-7-15(22(28)23-16-8-9-16)12-17(14)24-20(26)10-11-25-18-4-2-3-5-19(18)29-13-21(25)27/h2-7,12,16H,8-11,13H2,1H3,(H,23,28)(H,24,26). The number of amides is 3. The Balaban J connectivity index is 1.40. The molecule has 1 aliphatic carbocycles. The first-order valence-electron chi connectivity index (χ1n) is 9.75. The monoisotopic (exact) mass is 393 g/mol. The number of nitrogens with one attached hydrogen (secondary N) is 2. The molecule has 1 aliphatic heterocycles. The van der Waals surface area contributed by atoms with Gasteiger partial charge in [-0.25, -0.2) is 0 Å². The van der Waals surface area contributed by atoms with Crippen molar-refractivity contribution >= 4 is 29.1 Å². The van der Waals surface area contributed by atoms with Gasteiger partial charge in [0.1, 0.15) is 5.75 Å². The summed E-state index contributed by atoms with van der Waals surface area (Å²) in [5, 5.41) is 5.81. The summed E-state index contributed by atoms with van der Waals surface area (Å²) >= 11 is 0. The zero-order valence-corrected chi connectivity index (χ0v) is 16.2. The first-order chi connectivity index (χ1) is 14.0. The predicted octanol–water partition coefficient (Wildman–Crippen LogP) is 2.64. The number of para-hydroxylation sites is 2. The van der Waals surface area contributed by atoms with Crippen LogP contribution in [-0.4, -0.2) is 36.9 Å². The van der Waals surface area contributed by atoms with Gasteiger partial charge in [0, 0.05) is 30.3 Å². The molecular formula is C22H23N3O4. The van der Waals surface area contributed by atoms with E-state index in [1.807, 2.05) is 25.1 Å². The van der Waals surface area contributed by atoms with E-state index in [0.717, 1.165) is 18.4 Å². The molecule has 0 radical (unpaired) electrons. The van der Waals surface area contributed by atoms with Gasteiger partial charge in [-0.2, -0.15) is 0 Å². The summed E-state index contributed by atoms with van der Waals surface area (Å²) in [6.07, 6.45) is 2.17. The summed E-state index contributed by atoms with van der Waals surface area (Å²) in [5.41, 5.74) is 2.67. The Morgan fingerprint density at radius 1 is 1.17 bits per heavy atom. The summed E-state index contributed by atoms with van der Waals surface area (Å²) in [4.78, 5) is 38.6. The van der Waals surface area contributed by atoms with Crippen LogP contribution in [0.2, 0.25) is 0 Å². The maximum absolute atomic E-state index is 12.5. The lowest BCUT2D eigenvalue weighted by atomic mass is 10.1. The van der Waals surface area contributed by atoms with E-state index in [2.05, 4.69) is 10.6 Å². The minimum atomic E-state index is -0.218. The molecule has 1 fully saturated rings. The Morgan fingerprint density at radius 3 is 2.76 bits per heavy atom. The molecule has 7 heteroatoms. The van der Waals surface area contributed by atoms with Crippen molar-refractivity contribution in [2.75, 3.05) is 23.4 Å². The van der Waals surface area contributed by atoms with Crippen molar-refractivity contribution in [1.29, 1.82) is 0 Å². The fourth-order valence-corrected chi connectivity index (χ4v) is 3.22. The summed E-state index contributed by atoms with van der Waals surface area (Å²) in [6, 6.07) is 12.8. The molecule has 3 amide bonds. The van der Waals surface area contributed by atoms with Gasteiger partial charge in [0.05, 0.1) is 5.69 Å². The van der Waals surface area contributed by atoms with Crippen LogP contribution < -0.4 is 20.3 Å². The summed E-state index contributed by atoms with van der Waals surface area (Å²) in [6.45, 7) is 2.10. The minimum absolute atomic E-state index is 0.0319. The number of fused-ring (bicyclic) bond motifs is 1. The van der Waals surface area contributed by atoms with Gasteiger partial charge in [0.15, 0.2) is 6.61 Å². The molecular weight excluding hydrogens is 370 g/mol. The fraction of sp³-hybridized carbons (Fsp3) is 0.318. The van der Waals surface area contributed by atoms with E-state index in [1.54, 1.807) is 29.2 Å². The molecule has 0 aromatic heterocycles. The summed E-state index contributed by atoms with van der Waals surface area (Å²) in [5.74, 6) is 0.118. The van der Waals surface area contributed by atoms with Crippen molar-refractivity contribution < 1.29 is 19.1 Å². The maximum Gasteiger partial charge on any atom is 0.265 e. The molecule has 0 spiro atoms. The topological polar surface area (TPSA) is 87.7 Å². The first kappa shape index (κ1) is 19.0. The quantitative estimate of drug-likeness (QED) is 0.790. The third-order valence-electron chi connectivity index (χ3n) is 5.06. The largest absolute Gasteiger partial charge is 0.482 e. The highest BCUT2D eigenvalue weighted by molar-refractivity contribution is 6.00. The lowest BCUT2D eigenvalue weighted by molar-refractivity contribution is -0.121. The molecule has 0 bridgehead atoms. The van der Waals surface area contributed by atoms with Gasteiger partial charge >= 0.3 is 0 Å². The number of hydrogen-bond acceptors (Lipinski definition) is 4. The lowest BCUT2D eigenvalue weighted by Gasteiger charge is -2.29. The van der Waals surface area contributed by atoms with Crippen LogP contribution in [-0.2, 0) is 9.59 Å². The highest BCUT2D eigenvalue weighted by Crippen LogP contribution is 2.31. The van der Waals surface area contributed by atoms with Gasteiger partial charge < -0.3 is 20.3 Å². The van der Waals surface area contributed by atoms with E-state index in [0.29, 0.717) is 22.7 Å². The number of carbonyl (C=O) groups is 3. The number of carbonyl (C=O) groups excluding carboxylic acids is 3. The van der Waals surface area contributed by atoms with Crippen LogP contribution in [0.15, 0.2) is 42.5 Å². The van der Waals surface area contributed by atoms with Crippen LogP contribution in [0.25, 0.3) is 0 Å². The molecule has 1 saturated carbocycles. The molecule has 29 heavy (non-hydrogen) atoms. The Kier molecular flexibility index (Phi) is 5.20. The van der Waals surface area contributed by atoms with Gasteiger partial charge in [-0.05, 0) is 49.6 Å². The van der Waals surface area contributed by atoms with Crippen molar-refractivity contribution in [2.45, 2.75) is 32.2 Å². The van der Waals surface area contributed by atoms with Crippen LogP contribution in [0.1, 0.15) is 35.2 Å². The molecule has 150 valence electrons. The van der Waals surface area contributed by atoms with Gasteiger partial charge in [0.2, 0.25) is 5.91 Å². The van der Waals surface area contributed by atoms with Crippen molar-refractivity contribution in [2.24, 2.45) is 0 Å². The van der Waals surface area contributed by atoms with E-state index in [9.17, 15) is 14.4 Å². The van der Waals surface area contributed by atoms with Crippen molar-refractivity contribution in [3.05, 3.63) is 53.6 Å². The van der Waals surface area contributed by atoms with Crippen LogP contribution >= 0.6 is 0 Å². The number of aryl methyl sites for hydroxylation is 1. The van der Waals surface area contributed by atoms with E-state index >= 15 is 0 Å². The van der Waals surface area contributed by atoms with E-state index < -0.39 is 0 Å². The molecule has 7 nitrogen and oxygen atoms in total. The molecule has 2 N–H and O–H groups in total. The molecule has 0 unspecified atom stereocenters. The average molecular weight is 393 g/mol. The maximum atomic E-state index is 12.5. The zero-order chi connectivity index (χ0) is 20.4. The fourth-order valence-electron chi connectivity index (χ4n) is 3.22. The Morgan fingerprint density at radius 2 is 1.97 bits per heavy atom. The van der Waals surface area contributed by atoms with Crippen molar-refractivity contribution in [3.8, 4) is 5.75 Å². The SMILES string of the molecule is Cc1ccc(C(=O)NC2CC2)cc1NC(=O)CCN1C(=O)COc2ccccc21. The zero-order valence-electron chi connectivity index (χ0n) is 16.2. The van der Waals surface area contributed by atoms with Gasteiger partial charge in [0.25, 0.3) is 11.8 Å². The second kappa shape index (κ2) is 7.95. The summed E-state index contributed by atoms with van der Waals surface area (Å²) in [7, 11) is 0. The second-order valence-electron chi connectivity index (χ2n) is 7.38. The third kappa shape index (κ3) is 4.39. The first-order valence-corrected chi connectivity index (χ1v) is 9.75. The van der Waals surface area contributed by atoms with Crippen LogP contribution in [0.3, 0.4) is 0 Å². The number of anilines is 2. The molecule has 2 aliphatic rings. The summed E-state index contributed by atoms with van der Waals surface area (Å²) < 4.78 is 5.42. The highest BCUT2D eigenvalue weighted by atomic mass is 16.5.